The first kappa shape index (κ1) is 19.4. The lowest BCUT2D eigenvalue weighted by molar-refractivity contribution is -0.145. The van der Waals surface area contributed by atoms with E-state index in [9.17, 15) is 13.2 Å². The van der Waals surface area contributed by atoms with Gasteiger partial charge in [-0.15, -0.1) is 0 Å². The fraction of sp³-hybridized carbons (Fsp3) is 0.211. The molecule has 0 bridgehead atoms. The fourth-order valence-corrected chi connectivity index (χ4v) is 4.12. The number of sulfonamides is 1. The maximum atomic E-state index is 12.7. The van der Waals surface area contributed by atoms with Crippen molar-refractivity contribution in [2.24, 2.45) is 0 Å². The van der Waals surface area contributed by atoms with E-state index in [0.29, 0.717) is 5.02 Å². The highest BCUT2D eigenvalue weighted by Gasteiger charge is 2.28. The van der Waals surface area contributed by atoms with Crippen LogP contribution in [0.15, 0.2) is 59.6 Å². The van der Waals surface area contributed by atoms with E-state index in [2.05, 4.69) is 9.71 Å². The van der Waals surface area contributed by atoms with Crippen LogP contribution in [0.2, 0.25) is 5.02 Å². The number of para-hydroxylation sites is 1. The number of carbonyl (C=O) groups is 1. The van der Waals surface area contributed by atoms with Gasteiger partial charge in [0.1, 0.15) is 6.04 Å². The quantitative estimate of drug-likeness (QED) is 0.589. The van der Waals surface area contributed by atoms with Crippen LogP contribution in [0.1, 0.15) is 12.5 Å². The molecule has 1 aromatic heterocycles. The van der Waals surface area contributed by atoms with E-state index in [4.69, 9.17) is 16.3 Å². The van der Waals surface area contributed by atoms with E-state index in [1.807, 2.05) is 24.3 Å². The Bertz CT molecular complexity index is 1050. The zero-order valence-electron chi connectivity index (χ0n) is 14.6. The third-order valence-corrected chi connectivity index (χ3v) is 5.83. The minimum Gasteiger partial charge on any atom is -0.465 e. The minimum atomic E-state index is -3.92. The molecule has 8 heteroatoms. The van der Waals surface area contributed by atoms with E-state index in [-0.39, 0.29) is 17.9 Å². The number of ether oxygens (including phenoxy) is 1. The number of fused-ring (bicyclic) bond motifs is 1. The molecule has 0 fully saturated rings. The second-order valence-electron chi connectivity index (χ2n) is 5.94. The van der Waals surface area contributed by atoms with Crippen molar-refractivity contribution in [2.45, 2.75) is 24.3 Å². The van der Waals surface area contributed by atoms with Gasteiger partial charge >= 0.3 is 5.97 Å². The molecule has 0 radical (unpaired) electrons. The van der Waals surface area contributed by atoms with Crippen molar-refractivity contribution in [3.63, 3.8) is 0 Å². The van der Waals surface area contributed by atoms with Crippen LogP contribution in [0.25, 0.3) is 10.9 Å². The minimum absolute atomic E-state index is 0.0279. The molecule has 0 aliphatic rings. The van der Waals surface area contributed by atoms with Crippen LogP contribution in [0.4, 0.5) is 0 Å². The summed E-state index contributed by atoms with van der Waals surface area (Å²) < 4.78 is 32.9. The molecule has 142 valence electrons. The van der Waals surface area contributed by atoms with Gasteiger partial charge in [0, 0.05) is 28.5 Å². The van der Waals surface area contributed by atoms with Crippen molar-refractivity contribution in [1.29, 1.82) is 0 Å². The molecule has 0 aliphatic heterocycles. The molecule has 0 saturated carbocycles. The van der Waals surface area contributed by atoms with Crippen LogP contribution in [-0.2, 0) is 26.0 Å². The first-order chi connectivity index (χ1) is 12.9. The van der Waals surface area contributed by atoms with Crippen LogP contribution >= 0.6 is 11.6 Å². The Morgan fingerprint density at radius 3 is 2.59 bits per heavy atom. The number of H-pyrrole nitrogens is 1. The lowest BCUT2D eigenvalue weighted by atomic mass is 10.1. The number of nitrogens with one attached hydrogen (secondary N) is 2. The van der Waals surface area contributed by atoms with Crippen LogP contribution in [0.5, 0.6) is 0 Å². The Balaban J connectivity index is 1.89. The fourth-order valence-electron chi connectivity index (χ4n) is 2.81. The zero-order chi connectivity index (χ0) is 19.4. The van der Waals surface area contributed by atoms with E-state index in [1.54, 1.807) is 13.1 Å². The molecular formula is C19H19ClN2O4S. The molecule has 27 heavy (non-hydrogen) atoms. The average Bonchev–Trinajstić information content (AvgIpc) is 3.05. The summed E-state index contributed by atoms with van der Waals surface area (Å²) >= 11 is 5.82. The Labute approximate surface area is 162 Å². The highest BCUT2D eigenvalue weighted by atomic mass is 35.5. The molecule has 0 spiro atoms. The summed E-state index contributed by atoms with van der Waals surface area (Å²) in [5.74, 6) is -0.625. The van der Waals surface area contributed by atoms with Gasteiger partial charge in [0.2, 0.25) is 10.0 Å². The third-order valence-electron chi connectivity index (χ3n) is 4.09. The van der Waals surface area contributed by atoms with Crippen molar-refractivity contribution in [3.8, 4) is 0 Å². The van der Waals surface area contributed by atoms with E-state index in [0.717, 1.165) is 16.5 Å². The number of benzene rings is 2. The number of aromatic nitrogens is 1. The molecule has 2 N–H and O–H groups in total. The van der Waals surface area contributed by atoms with E-state index in [1.165, 1.54) is 24.3 Å². The van der Waals surface area contributed by atoms with Gasteiger partial charge in [0.05, 0.1) is 11.5 Å². The highest BCUT2D eigenvalue weighted by Crippen LogP contribution is 2.21. The van der Waals surface area contributed by atoms with Gasteiger partial charge in [-0.1, -0.05) is 29.8 Å². The van der Waals surface area contributed by atoms with E-state index < -0.39 is 22.0 Å². The van der Waals surface area contributed by atoms with Crippen molar-refractivity contribution >= 4 is 38.5 Å². The van der Waals surface area contributed by atoms with Crippen molar-refractivity contribution in [2.75, 3.05) is 6.61 Å². The standard InChI is InChI=1S/C19H19ClN2O4S/c1-2-26-19(23)18(11-13-12-21-17-6-4-3-5-16(13)17)22-27(24,25)15-9-7-14(20)8-10-15/h3-10,12,18,21-22H,2,11H2,1H3/t18-/m0/s1. The summed E-state index contributed by atoms with van der Waals surface area (Å²) in [6, 6.07) is 12.3. The number of esters is 1. The molecule has 0 unspecified atom stereocenters. The Morgan fingerprint density at radius 2 is 1.89 bits per heavy atom. The average molecular weight is 407 g/mol. The highest BCUT2D eigenvalue weighted by molar-refractivity contribution is 7.89. The third kappa shape index (κ3) is 4.50. The molecule has 0 saturated heterocycles. The Morgan fingerprint density at radius 1 is 1.19 bits per heavy atom. The first-order valence-electron chi connectivity index (χ1n) is 8.40. The first-order valence-corrected chi connectivity index (χ1v) is 10.3. The SMILES string of the molecule is CCOC(=O)[C@H](Cc1c[nH]c2ccccc12)NS(=O)(=O)c1ccc(Cl)cc1. The Hall–Kier alpha value is -2.35. The number of carbonyl (C=O) groups excluding carboxylic acids is 1. The molecule has 3 rings (SSSR count). The molecule has 0 amide bonds. The summed E-state index contributed by atoms with van der Waals surface area (Å²) in [7, 11) is -3.92. The van der Waals surface area contributed by atoms with Crippen LogP contribution in [0.3, 0.4) is 0 Å². The van der Waals surface area contributed by atoms with Gasteiger partial charge in [-0.3, -0.25) is 4.79 Å². The number of halogens is 1. The van der Waals surface area contributed by atoms with Crippen molar-refractivity contribution in [1.82, 2.24) is 9.71 Å². The molecule has 0 aliphatic carbocycles. The zero-order valence-corrected chi connectivity index (χ0v) is 16.2. The maximum Gasteiger partial charge on any atom is 0.324 e. The lowest BCUT2D eigenvalue weighted by Gasteiger charge is -2.17. The Kier molecular flexibility index (Phi) is 5.84. The van der Waals surface area contributed by atoms with Crippen LogP contribution in [-0.4, -0.2) is 32.0 Å². The second-order valence-corrected chi connectivity index (χ2v) is 8.09. The predicted octanol–water partition coefficient (Wildman–Crippen LogP) is 3.27. The second kappa shape index (κ2) is 8.12. The van der Waals surface area contributed by atoms with Gasteiger partial charge in [0.25, 0.3) is 0 Å². The molecule has 1 heterocycles. The molecular weight excluding hydrogens is 388 g/mol. The van der Waals surface area contributed by atoms with E-state index >= 15 is 0 Å². The lowest BCUT2D eigenvalue weighted by Crippen LogP contribution is -2.43. The summed E-state index contributed by atoms with van der Waals surface area (Å²) in [6.07, 6.45) is 1.93. The van der Waals surface area contributed by atoms with Gasteiger partial charge < -0.3 is 9.72 Å². The number of hydrogen-bond acceptors (Lipinski definition) is 4. The number of aromatic amines is 1. The summed E-state index contributed by atoms with van der Waals surface area (Å²) in [5, 5.41) is 1.35. The van der Waals surface area contributed by atoms with Crippen molar-refractivity contribution in [3.05, 3.63) is 65.3 Å². The van der Waals surface area contributed by atoms with Gasteiger partial charge in [-0.2, -0.15) is 4.72 Å². The predicted molar refractivity (Wildman–Crippen MR) is 104 cm³/mol. The summed E-state index contributed by atoms with van der Waals surface area (Å²) in [6.45, 7) is 1.83. The molecule has 6 nitrogen and oxygen atoms in total. The van der Waals surface area contributed by atoms with Gasteiger partial charge in [-0.05, 0) is 42.8 Å². The maximum absolute atomic E-state index is 12.7. The largest absolute Gasteiger partial charge is 0.465 e. The van der Waals surface area contributed by atoms with Gasteiger partial charge in [-0.25, -0.2) is 8.42 Å². The number of rotatable bonds is 7. The molecule has 1 atom stereocenters. The summed E-state index contributed by atoms with van der Waals surface area (Å²) in [4.78, 5) is 15.5. The normalized spacial score (nSPS) is 12.8. The van der Waals surface area contributed by atoms with Crippen LogP contribution < -0.4 is 4.72 Å². The summed E-state index contributed by atoms with van der Waals surface area (Å²) in [5.41, 5.74) is 1.73. The number of hydrogen-bond donors (Lipinski definition) is 2. The molecule has 3 aromatic rings. The smallest absolute Gasteiger partial charge is 0.324 e. The topological polar surface area (TPSA) is 88.3 Å². The van der Waals surface area contributed by atoms with Crippen molar-refractivity contribution < 1.29 is 17.9 Å². The van der Waals surface area contributed by atoms with Gasteiger partial charge in [0.15, 0.2) is 0 Å². The monoisotopic (exact) mass is 406 g/mol. The molecule has 2 aromatic carbocycles. The van der Waals surface area contributed by atoms with Crippen LogP contribution in [0, 0.1) is 0 Å².